The van der Waals surface area contributed by atoms with Crippen LogP contribution in [-0.4, -0.2) is 40.2 Å². The van der Waals surface area contributed by atoms with E-state index in [9.17, 15) is 8.78 Å². The summed E-state index contributed by atoms with van der Waals surface area (Å²) in [5, 5.41) is 3.38. The van der Waals surface area contributed by atoms with Crippen LogP contribution in [-0.2, 0) is 0 Å². The first-order chi connectivity index (χ1) is 14.4. The highest BCUT2D eigenvalue weighted by Gasteiger charge is 2.25. The molecule has 30 heavy (non-hydrogen) atoms. The Morgan fingerprint density at radius 3 is 2.60 bits per heavy atom. The summed E-state index contributed by atoms with van der Waals surface area (Å²) < 4.78 is 33.5. The number of halogens is 3. The molecule has 1 aromatic carbocycles. The number of hydrogen-bond acceptors (Lipinski definition) is 6. The van der Waals surface area contributed by atoms with Gasteiger partial charge in [-0.3, -0.25) is 0 Å². The lowest BCUT2D eigenvalue weighted by atomic mass is 10.1. The van der Waals surface area contributed by atoms with Crippen molar-refractivity contribution in [3.8, 4) is 5.75 Å². The summed E-state index contributed by atoms with van der Waals surface area (Å²) in [6.45, 7) is 5.47. The van der Waals surface area contributed by atoms with Gasteiger partial charge in [0.2, 0.25) is 0 Å². The number of aromatic nitrogens is 3. The van der Waals surface area contributed by atoms with Crippen LogP contribution in [0.1, 0.15) is 26.7 Å². The second kappa shape index (κ2) is 8.67. The van der Waals surface area contributed by atoms with Crippen molar-refractivity contribution in [1.82, 2.24) is 15.0 Å². The third kappa shape index (κ3) is 4.61. The monoisotopic (exact) mass is 477 g/mol. The quantitative estimate of drug-likeness (QED) is 0.525. The Balaban J connectivity index is 1.52. The van der Waals surface area contributed by atoms with Crippen LogP contribution in [0, 0.1) is 11.6 Å². The molecule has 1 fully saturated rings. The molecule has 158 valence electrons. The van der Waals surface area contributed by atoms with Crippen LogP contribution in [0.15, 0.2) is 35.1 Å². The highest BCUT2D eigenvalue weighted by Crippen LogP contribution is 2.30. The van der Waals surface area contributed by atoms with Crippen molar-refractivity contribution in [3.63, 3.8) is 0 Å². The minimum Gasteiger partial charge on any atom is -0.487 e. The van der Waals surface area contributed by atoms with Crippen LogP contribution in [0.25, 0.3) is 11.0 Å². The maximum absolute atomic E-state index is 13.9. The molecule has 0 saturated carbocycles. The van der Waals surface area contributed by atoms with Crippen LogP contribution in [0.5, 0.6) is 5.75 Å². The average molecular weight is 478 g/mol. The molecular formula is C21H22BrF2N5O. The molecule has 2 aromatic heterocycles. The second-order valence-electron chi connectivity index (χ2n) is 7.57. The number of fused-ring (bicyclic) bond motifs is 1. The standard InChI is InChI=1S/C21H22BrF2N5O/c1-12(2)26-20-21(28-17-11-25-19(22)10-16(17)27-20)29-7-5-14(6-8-29)30-18-4-3-13(23)9-15(18)24/h3-4,9-12,14H,5-8H2,1-2H3,(H,26,27). The molecule has 0 atom stereocenters. The SMILES string of the molecule is CC(C)Nc1nc2cc(Br)ncc2nc1N1CCC(Oc2ccc(F)cc2F)CC1. The zero-order valence-electron chi connectivity index (χ0n) is 16.7. The van der Waals surface area contributed by atoms with E-state index >= 15 is 0 Å². The molecular weight excluding hydrogens is 456 g/mol. The van der Waals surface area contributed by atoms with Gasteiger partial charge in [0.15, 0.2) is 23.2 Å². The van der Waals surface area contributed by atoms with E-state index in [1.165, 1.54) is 12.1 Å². The van der Waals surface area contributed by atoms with Crippen molar-refractivity contribution < 1.29 is 13.5 Å². The van der Waals surface area contributed by atoms with E-state index in [-0.39, 0.29) is 17.9 Å². The number of piperidine rings is 1. The number of benzene rings is 1. The van der Waals surface area contributed by atoms with Crippen molar-refractivity contribution in [2.75, 3.05) is 23.3 Å². The molecule has 0 radical (unpaired) electrons. The summed E-state index contributed by atoms with van der Waals surface area (Å²) in [7, 11) is 0. The largest absolute Gasteiger partial charge is 0.487 e. The first-order valence-electron chi connectivity index (χ1n) is 9.85. The van der Waals surface area contributed by atoms with Crippen molar-refractivity contribution in [2.24, 2.45) is 0 Å². The first kappa shape index (κ1) is 20.7. The lowest BCUT2D eigenvalue weighted by Gasteiger charge is -2.34. The smallest absolute Gasteiger partial charge is 0.172 e. The van der Waals surface area contributed by atoms with Gasteiger partial charge in [-0.2, -0.15) is 0 Å². The molecule has 0 spiro atoms. The maximum Gasteiger partial charge on any atom is 0.172 e. The van der Waals surface area contributed by atoms with Crippen molar-refractivity contribution in [1.29, 1.82) is 0 Å². The lowest BCUT2D eigenvalue weighted by molar-refractivity contribution is 0.163. The maximum atomic E-state index is 13.9. The lowest BCUT2D eigenvalue weighted by Crippen LogP contribution is -2.39. The summed E-state index contributed by atoms with van der Waals surface area (Å²) >= 11 is 3.37. The molecule has 0 unspecified atom stereocenters. The molecule has 6 nitrogen and oxygen atoms in total. The second-order valence-corrected chi connectivity index (χ2v) is 8.38. The molecule has 0 aliphatic carbocycles. The summed E-state index contributed by atoms with van der Waals surface area (Å²) in [4.78, 5) is 16.0. The van der Waals surface area contributed by atoms with Gasteiger partial charge in [-0.15, -0.1) is 0 Å². The van der Waals surface area contributed by atoms with Gasteiger partial charge < -0.3 is 15.0 Å². The Labute approximate surface area is 181 Å². The number of pyridine rings is 1. The minimum atomic E-state index is -0.681. The predicted octanol–water partition coefficient (Wildman–Crippen LogP) is 4.93. The zero-order valence-corrected chi connectivity index (χ0v) is 18.3. The molecule has 1 N–H and O–H groups in total. The summed E-state index contributed by atoms with van der Waals surface area (Å²) in [6.07, 6.45) is 2.93. The highest BCUT2D eigenvalue weighted by atomic mass is 79.9. The minimum absolute atomic E-state index is 0.0826. The van der Waals surface area contributed by atoms with Crippen molar-refractivity contribution in [3.05, 3.63) is 46.7 Å². The van der Waals surface area contributed by atoms with Gasteiger partial charge in [0.05, 0.1) is 11.7 Å². The van der Waals surface area contributed by atoms with E-state index in [0.717, 1.165) is 23.2 Å². The fourth-order valence-electron chi connectivity index (χ4n) is 3.45. The summed E-state index contributed by atoms with van der Waals surface area (Å²) in [6, 6.07) is 5.42. The Morgan fingerprint density at radius 2 is 1.90 bits per heavy atom. The van der Waals surface area contributed by atoms with Crippen LogP contribution < -0.4 is 15.0 Å². The molecule has 0 bridgehead atoms. The van der Waals surface area contributed by atoms with Crippen LogP contribution in [0.2, 0.25) is 0 Å². The summed E-state index contributed by atoms with van der Waals surface area (Å²) in [5.41, 5.74) is 1.48. The Morgan fingerprint density at radius 1 is 1.13 bits per heavy atom. The topological polar surface area (TPSA) is 63.2 Å². The molecule has 3 aromatic rings. The number of nitrogens with zero attached hydrogens (tertiary/aromatic N) is 4. The highest BCUT2D eigenvalue weighted by molar-refractivity contribution is 9.10. The van der Waals surface area contributed by atoms with Crippen LogP contribution in [0.4, 0.5) is 20.4 Å². The van der Waals surface area contributed by atoms with Crippen LogP contribution in [0.3, 0.4) is 0 Å². The van der Waals surface area contributed by atoms with E-state index in [0.29, 0.717) is 36.1 Å². The number of anilines is 2. The Hall–Kier alpha value is -2.55. The molecule has 1 saturated heterocycles. The third-order valence-corrected chi connectivity index (χ3v) is 5.29. The van der Waals surface area contributed by atoms with Gasteiger partial charge in [0.25, 0.3) is 0 Å². The van der Waals surface area contributed by atoms with Gasteiger partial charge in [0, 0.05) is 38.0 Å². The van der Waals surface area contributed by atoms with Gasteiger partial charge in [-0.25, -0.2) is 23.7 Å². The fourth-order valence-corrected chi connectivity index (χ4v) is 3.77. The number of nitrogens with one attached hydrogen (secondary N) is 1. The predicted molar refractivity (Wildman–Crippen MR) is 116 cm³/mol. The zero-order chi connectivity index (χ0) is 21.3. The first-order valence-corrected chi connectivity index (χ1v) is 10.6. The number of rotatable bonds is 5. The van der Waals surface area contributed by atoms with E-state index in [2.05, 4.69) is 45.0 Å². The van der Waals surface area contributed by atoms with Crippen molar-refractivity contribution >= 4 is 38.6 Å². The van der Waals surface area contributed by atoms with Gasteiger partial charge in [0.1, 0.15) is 22.0 Å². The Bertz CT molecular complexity index is 1060. The van der Waals surface area contributed by atoms with Crippen LogP contribution >= 0.6 is 15.9 Å². The number of ether oxygens (including phenoxy) is 1. The van der Waals surface area contributed by atoms with Gasteiger partial charge in [-0.05, 0) is 48.0 Å². The Kier molecular flexibility index (Phi) is 5.99. The molecule has 1 aliphatic heterocycles. The average Bonchev–Trinajstić information content (AvgIpc) is 2.70. The molecule has 4 rings (SSSR count). The van der Waals surface area contributed by atoms with E-state index in [1.807, 2.05) is 6.07 Å². The fraction of sp³-hybridized carbons (Fsp3) is 0.381. The normalized spacial score (nSPS) is 15.1. The van der Waals surface area contributed by atoms with E-state index < -0.39 is 11.6 Å². The van der Waals surface area contributed by atoms with Gasteiger partial charge in [-0.1, -0.05) is 0 Å². The number of hydrogen-bond donors (Lipinski definition) is 1. The van der Waals surface area contributed by atoms with E-state index in [1.54, 1.807) is 6.20 Å². The van der Waals surface area contributed by atoms with Crippen molar-refractivity contribution in [2.45, 2.75) is 38.8 Å². The molecule has 0 amide bonds. The van der Waals surface area contributed by atoms with Gasteiger partial charge >= 0.3 is 0 Å². The summed E-state index contributed by atoms with van der Waals surface area (Å²) in [5.74, 6) is 0.279. The van der Waals surface area contributed by atoms with E-state index in [4.69, 9.17) is 14.7 Å². The molecule has 9 heteroatoms. The third-order valence-electron chi connectivity index (χ3n) is 4.85. The molecule has 1 aliphatic rings. The molecule has 3 heterocycles.